The normalized spacial score (nSPS) is 10.4. The van der Waals surface area contributed by atoms with Crippen molar-refractivity contribution in [3.8, 4) is 0 Å². The highest BCUT2D eigenvalue weighted by molar-refractivity contribution is 6.31. The fraction of sp³-hybridized carbons (Fsp3) is 0.0556. The molecule has 0 saturated heterocycles. The Morgan fingerprint density at radius 1 is 1.12 bits per heavy atom. The van der Waals surface area contributed by atoms with Crippen molar-refractivity contribution in [1.29, 1.82) is 0 Å². The maximum absolute atomic E-state index is 12.7. The number of ketones is 1. The Labute approximate surface area is 143 Å². The number of benzene rings is 2. The predicted octanol–water partition coefficient (Wildman–Crippen LogP) is 4.12. The fourth-order valence-corrected chi connectivity index (χ4v) is 2.38. The molecule has 2 aromatic carbocycles. The van der Waals surface area contributed by atoms with Crippen molar-refractivity contribution in [2.75, 3.05) is 5.32 Å². The van der Waals surface area contributed by atoms with Crippen LogP contribution in [0.5, 0.6) is 0 Å². The third-order valence-electron chi connectivity index (χ3n) is 3.36. The second-order valence-corrected chi connectivity index (χ2v) is 5.53. The van der Waals surface area contributed by atoms with E-state index in [0.717, 1.165) is 0 Å². The van der Waals surface area contributed by atoms with Crippen LogP contribution in [0.3, 0.4) is 0 Å². The van der Waals surface area contributed by atoms with E-state index >= 15 is 0 Å². The summed E-state index contributed by atoms with van der Waals surface area (Å²) in [5.41, 5.74) is 1.31. The van der Waals surface area contributed by atoms with E-state index in [1.54, 1.807) is 43.3 Å². The van der Waals surface area contributed by atoms with Gasteiger partial charge in [0.05, 0.1) is 5.69 Å². The van der Waals surface area contributed by atoms with Gasteiger partial charge in [-0.3, -0.25) is 9.59 Å². The molecule has 0 bridgehead atoms. The molecule has 0 atom stereocenters. The summed E-state index contributed by atoms with van der Waals surface area (Å²) < 4.78 is 5.03. The lowest BCUT2D eigenvalue weighted by molar-refractivity contribution is 0.102. The molecule has 0 aliphatic heterocycles. The van der Waals surface area contributed by atoms with Crippen molar-refractivity contribution >= 4 is 29.0 Å². The number of nitrogens with zero attached hydrogens (tertiary/aromatic N) is 1. The molecule has 1 aromatic heterocycles. The summed E-state index contributed by atoms with van der Waals surface area (Å²) in [6.07, 6.45) is 1.26. The van der Waals surface area contributed by atoms with Crippen LogP contribution in [0.4, 0.5) is 5.69 Å². The number of anilines is 1. The molecular weight excluding hydrogens is 328 g/mol. The first-order chi connectivity index (χ1) is 11.5. The summed E-state index contributed by atoms with van der Waals surface area (Å²) in [6.45, 7) is 1.64. The Kier molecular flexibility index (Phi) is 4.44. The average molecular weight is 341 g/mol. The highest BCUT2D eigenvalue weighted by atomic mass is 35.5. The molecule has 1 heterocycles. The second kappa shape index (κ2) is 6.68. The van der Waals surface area contributed by atoms with Crippen molar-refractivity contribution in [3.05, 3.63) is 82.5 Å². The van der Waals surface area contributed by atoms with Crippen molar-refractivity contribution in [2.24, 2.45) is 0 Å². The highest BCUT2D eigenvalue weighted by Crippen LogP contribution is 2.24. The smallest absolute Gasteiger partial charge is 0.277 e. The first-order valence-electron chi connectivity index (χ1n) is 7.17. The summed E-state index contributed by atoms with van der Waals surface area (Å²) in [5, 5.41) is 3.08. The maximum Gasteiger partial charge on any atom is 0.277 e. The van der Waals surface area contributed by atoms with Crippen molar-refractivity contribution in [2.45, 2.75) is 6.92 Å². The van der Waals surface area contributed by atoms with Crippen molar-refractivity contribution < 1.29 is 14.0 Å². The zero-order valence-electron chi connectivity index (χ0n) is 12.7. The Morgan fingerprint density at radius 3 is 2.54 bits per heavy atom. The van der Waals surface area contributed by atoms with Crippen LogP contribution in [0.25, 0.3) is 0 Å². The molecule has 0 aliphatic rings. The SMILES string of the molecule is Cc1nc(C(=O)Nc2ccc(Cl)cc2C(=O)c2ccccc2)co1. The van der Waals surface area contributed by atoms with Gasteiger partial charge in [0.25, 0.3) is 5.91 Å². The topological polar surface area (TPSA) is 72.2 Å². The number of hydrogen-bond donors (Lipinski definition) is 1. The molecule has 1 N–H and O–H groups in total. The van der Waals surface area contributed by atoms with Gasteiger partial charge in [-0.05, 0) is 18.2 Å². The molecule has 0 aliphatic carbocycles. The average Bonchev–Trinajstić information content (AvgIpc) is 3.03. The molecule has 3 rings (SSSR count). The molecule has 0 unspecified atom stereocenters. The van der Waals surface area contributed by atoms with E-state index in [0.29, 0.717) is 27.7 Å². The summed E-state index contributed by atoms with van der Waals surface area (Å²) in [7, 11) is 0. The maximum atomic E-state index is 12.7. The van der Waals surface area contributed by atoms with E-state index < -0.39 is 5.91 Å². The van der Waals surface area contributed by atoms with E-state index in [9.17, 15) is 9.59 Å². The van der Waals surface area contributed by atoms with Gasteiger partial charge in [0.2, 0.25) is 0 Å². The van der Waals surface area contributed by atoms with Crippen LogP contribution < -0.4 is 5.32 Å². The largest absolute Gasteiger partial charge is 0.448 e. The van der Waals surface area contributed by atoms with Gasteiger partial charge in [0.15, 0.2) is 17.4 Å². The fourth-order valence-electron chi connectivity index (χ4n) is 2.21. The third-order valence-corrected chi connectivity index (χ3v) is 3.60. The number of oxazole rings is 1. The van der Waals surface area contributed by atoms with E-state index in [1.807, 2.05) is 6.07 Å². The van der Waals surface area contributed by atoms with Crippen LogP contribution in [0.1, 0.15) is 32.3 Å². The summed E-state index contributed by atoms with van der Waals surface area (Å²) in [5.74, 6) is -0.308. The lowest BCUT2D eigenvalue weighted by atomic mass is 10.0. The van der Waals surface area contributed by atoms with Crippen LogP contribution >= 0.6 is 11.6 Å². The van der Waals surface area contributed by atoms with E-state index in [2.05, 4.69) is 10.3 Å². The molecule has 3 aromatic rings. The minimum Gasteiger partial charge on any atom is -0.448 e. The Hall–Kier alpha value is -2.92. The number of hydrogen-bond acceptors (Lipinski definition) is 4. The van der Waals surface area contributed by atoms with Crippen LogP contribution in [-0.4, -0.2) is 16.7 Å². The van der Waals surface area contributed by atoms with Gasteiger partial charge in [-0.1, -0.05) is 41.9 Å². The Bertz CT molecular complexity index is 904. The van der Waals surface area contributed by atoms with E-state index in [4.69, 9.17) is 16.0 Å². The quantitative estimate of drug-likeness (QED) is 0.725. The monoisotopic (exact) mass is 340 g/mol. The van der Waals surface area contributed by atoms with E-state index in [1.165, 1.54) is 12.3 Å². The highest BCUT2D eigenvalue weighted by Gasteiger charge is 2.18. The number of carbonyl (C=O) groups is 2. The minimum absolute atomic E-state index is 0.139. The molecule has 0 fully saturated rings. The number of nitrogens with one attached hydrogen (secondary N) is 1. The summed E-state index contributed by atoms with van der Waals surface area (Å²) >= 11 is 6.01. The zero-order chi connectivity index (χ0) is 17.1. The Balaban J connectivity index is 1.94. The lowest BCUT2D eigenvalue weighted by Gasteiger charge is -2.10. The van der Waals surface area contributed by atoms with Crippen LogP contribution in [0, 0.1) is 6.92 Å². The standard InChI is InChI=1S/C18H13ClN2O3/c1-11-20-16(10-24-11)18(23)21-15-8-7-13(19)9-14(15)17(22)12-5-3-2-4-6-12/h2-10H,1H3,(H,21,23). The number of halogens is 1. The van der Waals surface area contributed by atoms with Gasteiger partial charge in [0, 0.05) is 23.1 Å². The second-order valence-electron chi connectivity index (χ2n) is 5.09. The summed E-state index contributed by atoms with van der Waals surface area (Å²) in [4.78, 5) is 28.9. The molecule has 5 nitrogen and oxygen atoms in total. The number of carbonyl (C=O) groups excluding carboxylic acids is 2. The molecular formula is C18H13ClN2O3. The number of rotatable bonds is 4. The predicted molar refractivity (Wildman–Crippen MR) is 90.5 cm³/mol. The lowest BCUT2D eigenvalue weighted by Crippen LogP contribution is -2.15. The molecule has 0 spiro atoms. The first kappa shape index (κ1) is 16.0. The van der Waals surface area contributed by atoms with Gasteiger partial charge in [-0.25, -0.2) is 4.98 Å². The minimum atomic E-state index is -0.462. The summed E-state index contributed by atoms with van der Waals surface area (Å²) in [6, 6.07) is 13.5. The molecule has 0 radical (unpaired) electrons. The van der Waals surface area contributed by atoms with Crippen molar-refractivity contribution in [3.63, 3.8) is 0 Å². The van der Waals surface area contributed by atoms with Crippen LogP contribution in [0.2, 0.25) is 5.02 Å². The van der Waals surface area contributed by atoms with Gasteiger partial charge in [-0.2, -0.15) is 0 Å². The van der Waals surface area contributed by atoms with Crippen LogP contribution in [-0.2, 0) is 0 Å². The first-order valence-corrected chi connectivity index (χ1v) is 7.55. The van der Waals surface area contributed by atoms with Crippen LogP contribution in [0.15, 0.2) is 59.2 Å². The molecule has 0 saturated carbocycles. The van der Waals surface area contributed by atoms with Gasteiger partial charge in [-0.15, -0.1) is 0 Å². The number of aromatic nitrogens is 1. The molecule has 1 amide bonds. The van der Waals surface area contributed by atoms with E-state index in [-0.39, 0.29) is 11.5 Å². The Morgan fingerprint density at radius 2 is 1.88 bits per heavy atom. The molecule has 24 heavy (non-hydrogen) atoms. The number of aryl methyl sites for hydroxylation is 1. The van der Waals surface area contributed by atoms with Gasteiger partial charge < -0.3 is 9.73 Å². The zero-order valence-corrected chi connectivity index (χ0v) is 13.5. The third kappa shape index (κ3) is 3.36. The van der Waals surface area contributed by atoms with Crippen molar-refractivity contribution in [1.82, 2.24) is 4.98 Å². The van der Waals surface area contributed by atoms with Gasteiger partial charge in [0.1, 0.15) is 6.26 Å². The molecule has 6 heteroatoms. The number of amides is 1. The molecule has 120 valence electrons. The van der Waals surface area contributed by atoms with Gasteiger partial charge >= 0.3 is 0 Å².